The molecule has 23 heteroatoms. The number of carbonyl (C=O) groups excluding carboxylic acids is 6. The number of nitrogens with zero attached hydrogens (tertiary/aromatic N) is 3. The van der Waals surface area contributed by atoms with Gasteiger partial charge in [-0.2, -0.15) is 12.6 Å². The SMILES string of the molecule is CC(C)[C@H](NC(=O)CNC(=O)[C@H](CS)NC(=O)[C@H](CCCN=C(N)N)NC(=O)[C@@H]1CCCN1C(=O)[C@H](CCCCN)NC(=O)[C@@H](N)CCCN=C(N)N)C(=O)O. The van der Waals surface area contributed by atoms with E-state index in [9.17, 15) is 38.7 Å². The van der Waals surface area contributed by atoms with Crippen LogP contribution in [0.3, 0.4) is 0 Å². The summed E-state index contributed by atoms with van der Waals surface area (Å²) in [5.41, 5.74) is 33.3. The van der Waals surface area contributed by atoms with Crippen molar-refractivity contribution in [1.82, 2.24) is 31.5 Å². The van der Waals surface area contributed by atoms with Gasteiger partial charge in [-0.3, -0.25) is 38.8 Å². The van der Waals surface area contributed by atoms with Gasteiger partial charge in [0.25, 0.3) is 0 Å². The summed E-state index contributed by atoms with van der Waals surface area (Å²) in [5.74, 6) is -6.09. The van der Waals surface area contributed by atoms with Crippen LogP contribution in [0, 0.1) is 5.92 Å². The normalized spacial score (nSPS) is 16.3. The predicted molar refractivity (Wildman–Crippen MR) is 212 cm³/mol. The topological polar surface area (TPSA) is 384 Å². The van der Waals surface area contributed by atoms with E-state index in [1.165, 1.54) is 4.90 Å². The first-order valence-corrected chi connectivity index (χ1v) is 19.2. The lowest BCUT2D eigenvalue weighted by Gasteiger charge is -2.30. The van der Waals surface area contributed by atoms with Crippen molar-refractivity contribution in [3.05, 3.63) is 0 Å². The molecular weight excluding hydrogens is 753 g/mol. The Hall–Kier alpha value is -4.90. The summed E-state index contributed by atoms with van der Waals surface area (Å²) >= 11 is 4.16. The molecule has 0 bridgehead atoms. The highest BCUT2D eigenvalue weighted by Crippen LogP contribution is 2.21. The number of hydrogen-bond donors (Lipinski definition) is 13. The fraction of sp³-hybridized carbons (Fsp3) is 0.727. The van der Waals surface area contributed by atoms with Crippen LogP contribution in [0.4, 0.5) is 0 Å². The third-order valence-electron chi connectivity index (χ3n) is 8.77. The summed E-state index contributed by atoms with van der Waals surface area (Å²) < 4.78 is 0. The van der Waals surface area contributed by atoms with E-state index in [0.717, 1.165) is 0 Å². The van der Waals surface area contributed by atoms with Crippen molar-refractivity contribution < 1.29 is 38.7 Å². The Balaban J connectivity index is 3.11. The van der Waals surface area contributed by atoms with Crippen LogP contribution in [0.2, 0.25) is 0 Å². The van der Waals surface area contributed by atoms with Gasteiger partial charge in [0.1, 0.15) is 30.2 Å². The molecule has 1 saturated heterocycles. The van der Waals surface area contributed by atoms with Crippen molar-refractivity contribution in [2.75, 3.05) is 38.5 Å². The fourth-order valence-corrected chi connectivity index (χ4v) is 5.98. The largest absolute Gasteiger partial charge is 0.480 e. The molecule has 0 aromatic rings. The Bertz CT molecular complexity index is 1390. The zero-order valence-electron chi connectivity index (χ0n) is 32.2. The molecule has 0 aromatic carbocycles. The highest BCUT2D eigenvalue weighted by molar-refractivity contribution is 7.80. The lowest BCUT2D eigenvalue weighted by Crippen LogP contribution is -2.59. The molecule has 56 heavy (non-hydrogen) atoms. The minimum absolute atomic E-state index is 0.0307. The van der Waals surface area contributed by atoms with Gasteiger partial charge < -0.3 is 71.0 Å². The molecule has 0 radical (unpaired) electrons. The molecule has 0 aromatic heterocycles. The Morgan fingerprint density at radius 3 is 1.93 bits per heavy atom. The monoisotopic (exact) mass is 814 g/mol. The number of hydrogen-bond acceptors (Lipinski definition) is 12. The van der Waals surface area contributed by atoms with Gasteiger partial charge >= 0.3 is 5.97 Å². The van der Waals surface area contributed by atoms with E-state index < -0.39 is 90.1 Å². The number of aliphatic imine (C=N–C) groups is 2. The third-order valence-corrected chi connectivity index (χ3v) is 9.14. The van der Waals surface area contributed by atoms with E-state index in [4.69, 9.17) is 34.4 Å². The average Bonchev–Trinajstić information content (AvgIpc) is 3.63. The molecule has 0 aliphatic carbocycles. The number of amides is 6. The molecule has 1 heterocycles. The standard InChI is InChI=1S/C33H62N14O8S/c1-18(2)25(31(54)55)46-24(48)16-42-27(50)22(17-56)45-28(51)20(10-6-14-41-33(38)39)43-29(52)23-11-7-15-47(23)30(53)21(9-3-4-12-34)44-26(49)19(35)8-5-13-40-32(36)37/h18-23,25,56H,3-17,34-35H2,1-2H3,(H,42,50)(H,43,52)(H,44,49)(H,45,51)(H,46,48)(H,54,55)(H4,36,37,40)(H4,38,39,41)/t19-,20-,21-,22-,23-,25-/m0/s1. The number of guanidine groups is 2. The number of unbranched alkanes of at least 4 members (excludes halogenated alkanes) is 1. The number of nitrogens with two attached hydrogens (primary N) is 6. The van der Waals surface area contributed by atoms with Gasteiger partial charge in [0.15, 0.2) is 11.9 Å². The van der Waals surface area contributed by atoms with Gasteiger partial charge in [-0.25, -0.2) is 4.79 Å². The Morgan fingerprint density at radius 2 is 1.38 bits per heavy atom. The van der Waals surface area contributed by atoms with Gasteiger partial charge in [0.2, 0.25) is 35.4 Å². The number of carboxylic acids is 1. The molecule has 6 amide bonds. The first-order valence-electron chi connectivity index (χ1n) is 18.6. The third kappa shape index (κ3) is 18.2. The Kier molecular flexibility index (Phi) is 22.8. The summed E-state index contributed by atoms with van der Waals surface area (Å²) in [5, 5.41) is 22.0. The molecule has 0 saturated carbocycles. The molecule has 1 aliphatic rings. The lowest BCUT2D eigenvalue weighted by molar-refractivity contribution is -0.143. The molecule has 0 spiro atoms. The van der Waals surface area contributed by atoms with Crippen LogP contribution in [0.15, 0.2) is 9.98 Å². The van der Waals surface area contributed by atoms with Crippen LogP contribution in [0.5, 0.6) is 0 Å². The molecule has 0 unspecified atom stereocenters. The number of rotatable bonds is 26. The molecule has 1 rings (SSSR count). The van der Waals surface area contributed by atoms with E-state index in [2.05, 4.69) is 49.2 Å². The van der Waals surface area contributed by atoms with Gasteiger partial charge in [-0.05, 0) is 70.3 Å². The minimum Gasteiger partial charge on any atom is -0.480 e. The highest BCUT2D eigenvalue weighted by atomic mass is 32.1. The quantitative estimate of drug-likeness (QED) is 0.0169. The molecule has 318 valence electrons. The molecule has 1 fully saturated rings. The van der Waals surface area contributed by atoms with Crippen molar-refractivity contribution in [3.63, 3.8) is 0 Å². The highest BCUT2D eigenvalue weighted by Gasteiger charge is 2.39. The van der Waals surface area contributed by atoms with Gasteiger partial charge in [-0.1, -0.05) is 13.8 Å². The maximum absolute atomic E-state index is 13.9. The number of nitrogens with one attached hydrogen (secondary N) is 5. The van der Waals surface area contributed by atoms with E-state index in [1.807, 2.05) is 0 Å². The number of thiol groups is 1. The van der Waals surface area contributed by atoms with Crippen LogP contribution in [-0.4, -0.2) is 138 Å². The Labute approximate surface area is 332 Å². The molecule has 18 N–H and O–H groups in total. The van der Waals surface area contributed by atoms with Crippen molar-refractivity contribution in [1.29, 1.82) is 0 Å². The Morgan fingerprint density at radius 1 is 0.786 bits per heavy atom. The molecule has 1 aliphatic heterocycles. The second-order valence-electron chi connectivity index (χ2n) is 13.7. The number of likely N-dealkylation sites (tertiary alicyclic amines) is 1. The first kappa shape index (κ1) is 49.1. The summed E-state index contributed by atoms with van der Waals surface area (Å²) in [6.07, 6.45) is 3.05. The summed E-state index contributed by atoms with van der Waals surface area (Å²) in [6.45, 7) is 3.63. The van der Waals surface area contributed by atoms with Crippen molar-refractivity contribution in [2.24, 2.45) is 50.3 Å². The van der Waals surface area contributed by atoms with Gasteiger partial charge in [0, 0.05) is 25.4 Å². The second kappa shape index (κ2) is 26.0. The van der Waals surface area contributed by atoms with Crippen LogP contribution in [0.1, 0.15) is 71.6 Å². The van der Waals surface area contributed by atoms with Crippen molar-refractivity contribution >= 4 is 66.0 Å². The van der Waals surface area contributed by atoms with Crippen molar-refractivity contribution in [3.8, 4) is 0 Å². The van der Waals surface area contributed by atoms with Crippen LogP contribution >= 0.6 is 12.6 Å². The average molecular weight is 815 g/mol. The summed E-state index contributed by atoms with van der Waals surface area (Å²) in [7, 11) is 0. The molecule has 22 nitrogen and oxygen atoms in total. The smallest absolute Gasteiger partial charge is 0.326 e. The maximum Gasteiger partial charge on any atom is 0.326 e. The zero-order valence-corrected chi connectivity index (χ0v) is 33.1. The van der Waals surface area contributed by atoms with Gasteiger partial charge in [-0.15, -0.1) is 0 Å². The van der Waals surface area contributed by atoms with E-state index in [-0.39, 0.29) is 69.4 Å². The van der Waals surface area contributed by atoms with E-state index >= 15 is 0 Å². The summed E-state index contributed by atoms with van der Waals surface area (Å²) in [6, 6.07) is -6.57. The van der Waals surface area contributed by atoms with Crippen molar-refractivity contribution in [2.45, 2.75) is 108 Å². The predicted octanol–water partition coefficient (Wildman–Crippen LogP) is -4.73. The fourth-order valence-electron chi connectivity index (χ4n) is 5.72. The minimum atomic E-state index is -1.25. The maximum atomic E-state index is 13.9. The summed E-state index contributed by atoms with van der Waals surface area (Å²) in [4.78, 5) is 100. The first-order chi connectivity index (χ1) is 26.4. The molecule has 6 atom stereocenters. The number of aliphatic carboxylic acids is 1. The lowest BCUT2D eigenvalue weighted by atomic mass is 10.0. The van der Waals surface area contributed by atoms with E-state index in [1.54, 1.807) is 13.8 Å². The molecular formula is C33H62N14O8S. The van der Waals surface area contributed by atoms with E-state index in [0.29, 0.717) is 32.2 Å². The van der Waals surface area contributed by atoms with Crippen LogP contribution in [-0.2, 0) is 33.6 Å². The van der Waals surface area contributed by atoms with Gasteiger partial charge in [0.05, 0.1) is 12.6 Å². The van der Waals surface area contributed by atoms with Crippen LogP contribution < -0.4 is 61.0 Å². The second-order valence-corrected chi connectivity index (χ2v) is 14.1. The van der Waals surface area contributed by atoms with Crippen LogP contribution in [0.25, 0.3) is 0 Å². The number of carbonyl (C=O) groups is 7. The zero-order chi connectivity index (χ0) is 42.4. The number of carboxylic acid groups (broad SMARTS) is 1.